The van der Waals surface area contributed by atoms with Gasteiger partial charge in [0, 0.05) is 33.0 Å². The van der Waals surface area contributed by atoms with E-state index in [9.17, 15) is 0 Å². The molecule has 1 aliphatic carbocycles. The SMILES string of the molecule is c1ccc(-c2ccccc2-c2nc(-c3ccc(-c4ccc5c(c4)C4(c6ccccc6Oc6ccccc64)c4ccccc4-5)cc3)nc(-c3cccc4c3oc3ccccc34)n2)cc1. The van der Waals surface area contributed by atoms with Gasteiger partial charge in [-0.3, -0.25) is 0 Å². The molecule has 1 aliphatic heterocycles. The first-order valence-corrected chi connectivity index (χ1v) is 21.3. The summed E-state index contributed by atoms with van der Waals surface area (Å²) in [6.45, 7) is 0. The number of rotatable bonds is 5. The van der Waals surface area contributed by atoms with Crippen molar-refractivity contribution < 1.29 is 9.15 Å². The van der Waals surface area contributed by atoms with Crippen molar-refractivity contribution in [1.29, 1.82) is 0 Å². The van der Waals surface area contributed by atoms with E-state index >= 15 is 0 Å². The predicted molar refractivity (Wildman–Crippen MR) is 252 cm³/mol. The van der Waals surface area contributed by atoms with Crippen molar-refractivity contribution in [2.24, 2.45) is 0 Å². The van der Waals surface area contributed by atoms with Crippen LogP contribution in [0.1, 0.15) is 22.3 Å². The Morgan fingerprint density at radius 3 is 1.63 bits per heavy atom. The summed E-state index contributed by atoms with van der Waals surface area (Å²) in [5.74, 6) is 3.48. The van der Waals surface area contributed by atoms with E-state index in [4.69, 9.17) is 24.1 Å². The second kappa shape index (κ2) is 13.8. The Morgan fingerprint density at radius 1 is 0.317 bits per heavy atom. The molecule has 13 rings (SSSR count). The van der Waals surface area contributed by atoms with Gasteiger partial charge in [0.25, 0.3) is 0 Å². The highest BCUT2D eigenvalue weighted by Crippen LogP contribution is 2.62. The van der Waals surface area contributed by atoms with E-state index in [2.05, 4.69) is 170 Å². The topological polar surface area (TPSA) is 61.0 Å². The summed E-state index contributed by atoms with van der Waals surface area (Å²) in [4.78, 5) is 15.6. The fourth-order valence-electron chi connectivity index (χ4n) is 10.1. The van der Waals surface area contributed by atoms with Crippen LogP contribution in [0.25, 0.3) is 89.5 Å². The Hall–Kier alpha value is -8.41. The lowest BCUT2D eigenvalue weighted by molar-refractivity contribution is 0.436. The maximum Gasteiger partial charge on any atom is 0.167 e. The molecule has 1 spiro atoms. The van der Waals surface area contributed by atoms with E-state index < -0.39 is 5.41 Å². The third-order valence-corrected chi connectivity index (χ3v) is 12.9. The van der Waals surface area contributed by atoms with Crippen molar-refractivity contribution >= 4 is 21.9 Å². The summed E-state index contributed by atoms with van der Waals surface area (Å²) >= 11 is 0. The Bertz CT molecular complexity index is 3560. The number of nitrogens with zero attached hydrogens (tertiary/aromatic N) is 3. The number of para-hydroxylation sites is 4. The number of aromatic nitrogens is 3. The molecule has 0 atom stereocenters. The van der Waals surface area contributed by atoms with Crippen LogP contribution in [0.3, 0.4) is 0 Å². The first-order chi connectivity index (χ1) is 31.2. The predicted octanol–water partition coefficient (Wildman–Crippen LogP) is 14.6. The molecular formula is C58H35N3O2. The van der Waals surface area contributed by atoms with Crippen molar-refractivity contribution in [3.05, 3.63) is 235 Å². The minimum absolute atomic E-state index is 0.538. The molecule has 11 aromatic rings. The second-order valence-electron chi connectivity index (χ2n) is 16.2. The van der Waals surface area contributed by atoms with Gasteiger partial charge < -0.3 is 9.15 Å². The minimum Gasteiger partial charge on any atom is -0.457 e. The Morgan fingerprint density at radius 2 is 0.857 bits per heavy atom. The van der Waals surface area contributed by atoms with Crippen molar-refractivity contribution in [3.8, 4) is 79.0 Å². The molecule has 0 radical (unpaired) electrons. The highest BCUT2D eigenvalue weighted by atomic mass is 16.5. The van der Waals surface area contributed by atoms with Gasteiger partial charge in [-0.2, -0.15) is 0 Å². The van der Waals surface area contributed by atoms with Crippen LogP contribution >= 0.6 is 0 Å². The molecule has 0 saturated heterocycles. The molecule has 3 heterocycles. The third kappa shape index (κ3) is 5.33. The number of fused-ring (bicyclic) bond motifs is 12. The van der Waals surface area contributed by atoms with Gasteiger partial charge in [0.1, 0.15) is 22.7 Å². The van der Waals surface area contributed by atoms with E-state index in [1.165, 1.54) is 22.3 Å². The average molecular weight is 806 g/mol. The molecule has 0 fully saturated rings. The van der Waals surface area contributed by atoms with Gasteiger partial charge in [0.2, 0.25) is 0 Å². The first-order valence-electron chi connectivity index (χ1n) is 21.3. The maximum atomic E-state index is 6.58. The van der Waals surface area contributed by atoms with Crippen LogP contribution < -0.4 is 4.74 Å². The van der Waals surface area contributed by atoms with Gasteiger partial charge in [-0.25, -0.2) is 15.0 Å². The van der Waals surface area contributed by atoms with Crippen molar-refractivity contribution in [1.82, 2.24) is 15.0 Å². The van der Waals surface area contributed by atoms with Crippen LogP contribution in [0, 0.1) is 0 Å². The number of benzene rings is 9. The fraction of sp³-hybridized carbons (Fsp3) is 0.0172. The second-order valence-corrected chi connectivity index (χ2v) is 16.2. The molecule has 9 aromatic carbocycles. The third-order valence-electron chi connectivity index (χ3n) is 12.9. The first kappa shape index (κ1) is 35.4. The number of ether oxygens (including phenoxy) is 1. The molecule has 0 N–H and O–H groups in total. The lowest BCUT2D eigenvalue weighted by Gasteiger charge is -2.39. The van der Waals surface area contributed by atoms with E-state index in [-0.39, 0.29) is 0 Å². The maximum absolute atomic E-state index is 6.58. The summed E-state index contributed by atoms with van der Waals surface area (Å²) in [7, 11) is 0. The van der Waals surface area contributed by atoms with Crippen LogP contribution in [0.2, 0.25) is 0 Å². The van der Waals surface area contributed by atoms with E-state index in [0.29, 0.717) is 17.5 Å². The summed E-state index contributed by atoms with van der Waals surface area (Å²) in [5.41, 5.74) is 15.3. The van der Waals surface area contributed by atoms with Crippen LogP contribution in [0.4, 0.5) is 0 Å². The average Bonchev–Trinajstić information content (AvgIpc) is 3.88. The zero-order valence-corrected chi connectivity index (χ0v) is 33.9. The highest BCUT2D eigenvalue weighted by Gasteiger charge is 2.51. The van der Waals surface area contributed by atoms with Crippen molar-refractivity contribution in [2.45, 2.75) is 5.41 Å². The summed E-state index contributed by atoms with van der Waals surface area (Å²) in [5, 5.41) is 2.08. The largest absolute Gasteiger partial charge is 0.457 e. The standard InChI is InChI=1S/C58H35N3O2/c1-2-15-37(16-3-1)40-17-4-5-20-45(40)56-59-55(60-57(61-56)46-22-14-21-44-43-19-7-11-26-51(43)63-54(44)46)38-31-29-36(30-32-38)39-33-34-42-41-18-6-8-23-47(41)58(50(42)35-39)48-24-9-12-27-52(48)62-53-28-13-10-25-49(53)58/h1-35H. The molecule has 294 valence electrons. The molecule has 0 unspecified atom stereocenters. The lowest BCUT2D eigenvalue weighted by Crippen LogP contribution is -2.32. The molecule has 5 nitrogen and oxygen atoms in total. The van der Waals surface area contributed by atoms with E-state index in [1.807, 2.05) is 42.5 Å². The van der Waals surface area contributed by atoms with Gasteiger partial charge in [-0.05, 0) is 74.8 Å². The molecule has 5 heteroatoms. The van der Waals surface area contributed by atoms with Crippen LogP contribution in [0.15, 0.2) is 217 Å². The Labute approximate surface area is 363 Å². The van der Waals surface area contributed by atoms with Gasteiger partial charge in [-0.15, -0.1) is 0 Å². The minimum atomic E-state index is -0.538. The summed E-state index contributed by atoms with van der Waals surface area (Å²) in [6, 6.07) is 74.3. The van der Waals surface area contributed by atoms with Gasteiger partial charge in [-0.1, -0.05) is 182 Å². The highest BCUT2D eigenvalue weighted by molar-refractivity contribution is 6.09. The number of furan rings is 1. The van der Waals surface area contributed by atoms with E-state index in [1.54, 1.807) is 0 Å². The molecule has 0 bridgehead atoms. The zero-order valence-electron chi connectivity index (χ0n) is 33.9. The van der Waals surface area contributed by atoms with Crippen molar-refractivity contribution in [2.75, 3.05) is 0 Å². The molecule has 0 saturated carbocycles. The molecule has 2 aromatic heterocycles. The Balaban J connectivity index is 0.965. The quantitative estimate of drug-likeness (QED) is 0.173. The zero-order chi connectivity index (χ0) is 41.5. The van der Waals surface area contributed by atoms with Gasteiger partial charge in [0.15, 0.2) is 17.5 Å². The van der Waals surface area contributed by atoms with Crippen LogP contribution in [-0.4, -0.2) is 15.0 Å². The molecule has 63 heavy (non-hydrogen) atoms. The normalized spacial score (nSPS) is 13.0. The molecule has 2 aliphatic rings. The summed E-state index contributed by atoms with van der Waals surface area (Å²) in [6.07, 6.45) is 0. The van der Waals surface area contributed by atoms with Crippen LogP contribution in [0.5, 0.6) is 11.5 Å². The number of hydrogen-bond donors (Lipinski definition) is 0. The fourth-order valence-corrected chi connectivity index (χ4v) is 10.1. The van der Waals surface area contributed by atoms with Crippen molar-refractivity contribution in [3.63, 3.8) is 0 Å². The monoisotopic (exact) mass is 805 g/mol. The lowest BCUT2D eigenvalue weighted by atomic mass is 9.66. The van der Waals surface area contributed by atoms with E-state index in [0.717, 1.165) is 83.5 Å². The van der Waals surface area contributed by atoms with Gasteiger partial charge >= 0.3 is 0 Å². The molecule has 0 amide bonds. The Kier molecular flexibility index (Phi) is 7.75. The van der Waals surface area contributed by atoms with Gasteiger partial charge in [0.05, 0.1) is 11.0 Å². The molecular weight excluding hydrogens is 771 g/mol. The number of hydrogen-bond acceptors (Lipinski definition) is 5. The summed E-state index contributed by atoms with van der Waals surface area (Å²) < 4.78 is 13.1. The smallest absolute Gasteiger partial charge is 0.167 e. The van der Waals surface area contributed by atoms with Crippen LogP contribution in [-0.2, 0) is 5.41 Å².